The van der Waals surface area contributed by atoms with Crippen molar-refractivity contribution in [3.05, 3.63) is 35.4 Å². The summed E-state index contributed by atoms with van der Waals surface area (Å²) in [7, 11) is 0. The third-order valence-corrected chi connectivity index (χ3v) is 4.08. The summed E-state index contributed by atoms with van der Waals surface area (Å²) in [6.45, 7) is 4.08. The molecule has 1 saturated carbocycles. The van der Waals surface area contributed by atoms with E-state index in [1.54, 1.807) is 0 Å². The van der Waals surface area contributed by atoms with Crippen LogP contribution in [0.25, 0.3) is 0 Å². The molecule has 104 valence electrons. The molecule has 0 saturated heterocycles. The Balaban J connectivity index is 2.28. The number of aliphatic hydroxyl groups is 1. The Morgan fingerprint density at radius 1 is 1.42 bits per heavy atom. The van der Waals surface area contributed by atoms with E-state index >= 15 is 0 Å². The van der Waals surface area contributed by atoms with Crippen molar-refractivity contribution in [2.24, 2.45) is 5.92 Å². The van der Waals surface area contributed by atoms with Crippen LogP contribution in [0.2, 0.25) is 0 Å². The summed E-state index contributed by atoms with van der Waals surface area (Å²) in [6, 6.07) is 8.06. The fourth-order valence-corrected chi connectivity index (χ4v) is 2.52. The minimum atomic E-state index is -0.733. The number of aliphatic hydroxyl groups excluding tert-OH is 1. The molecule has 0 amide bonds. The van der Waals surface area contributed by atoms with Gasteiger partial charge in [-0.2, -0.15) is 0 Å². The van der Waals surface area contributed by atoms with Crippen LogP contribution < -0.4 is 0 Å². The van der Waals surface area contributed by atoms with Gasteiger partial charge in [0.15, 0.2) is 0 Å². The van der Waals surface area contributed by atoms with Crippen LogP contribution in [0.1, 0.15) is 50.2 Å². The van der Waals surface area contributed by atoms with Crippen molar-refractivity contribution in [3.63, 3.8) is 0 Å². The summed E-state index contributed by atoms with van der Waals surface area (Å²) in [5.74, 6) is -0.0979. The number of rotatable bonds is 6. The lowest BCUT2D eigenvalue weighted by Crippen LogP contribution is -2.22. The van der Waals surface area contributed by atoms with E-state index in [0.717, 1.165) is 24.0 Å². The van der Waals surface area contributed by atoms with Gasteiger partial charge in [-0.25, -0.2) is 0 Å². The number of aliphatic carboxylic acids is 1. The normalized spacial score (nSPS) is 17.2. The van der Waals surface area contributed by atoms with E-state index in [1.165, 1.54) is 0 Å². The van der Waals surface area contributed by atoms with Crippen LogP contribution in [0.4, 0.5) is 0 Å². The van der Waals surface area contributed by atoms with Gasteiger partial charge in [0.05, 0.1) is 13.0 Å². The number of hydrogen-bond donors (Lipinski definition) is 2. The molecule has 1 aromatic rings. The Hall–Kier alpha value is -1.35. The van der Waals surface area contributed by atoms with Crippen LogP contribution in [0, 0.1) is 5.92 Å². The standard InChI is InChI=1S/C16H22O3/c1-16(2,10-17)13-5-3-4-12(8-13)14(9-15(18)19)11-6-7-11/h3-5,8,11,14,17H,6-7,9-10H2,1-2H3,(H,18,19). The Morgan fingerprint density at radius 3 is 2.63 bits per heavy atom. The van der Waals surface area contributed by atoms with Gasteiger partial charge in [-0.3, -0.25) is 4.79 Å². The van der Waals surface area contributed by atoms with E-state index in [0.29, 0.717) is 5.92 Å². The topological polar surface area (TPSA) is 57.5 Å². The Morgan fingerprint density at radius 2 is 2.11 bits per heavy atom. The second kappa shape index (κ2) is 5.33. The van der Waals surface area contributed by atoms with Crippen LogP contribution in [0.3, 0.4) is 0 Å². The highest BCUT2D eigenvalue weighted by atomic mass is 16.4. The molecule has 0 aromatic heterocycles. The first-order chi connectivity index (χ1) is 8.94. The maximum atomic E-state index is 11.0. The van der Waals surface area contributed by atoms with Gasteiger partial charge < -0.3 is 10.2 Å². The van der Waals surface area contributed by atoms with E-state index < -0.39 is 5.97 Å². The average Bonchev–Trinajstić information content (AvgIpc) is 3.20. The lowest BCUT2D eigenvalue weighted by atomic mass is 9.82. The summed E-state index contributed by atoms with van der Waals surface area (Å²) in [5.41, 5.74) is 1.89. The second-order valence-electron chi connectivity index (χ2n) is 6.21. The van der Waals surface area contributed by atoms with Gasteiger partial charge in [-0.1, -0.05) is 38.1 Å². The molecule has 1 aliphatic rings. The second-order valence-corrected chi connectivity index (χ2v) is 6.21. The number of benzene rings is 1. The smallest absolute Gasteiger partial charge is 0.303 e. The van der Waals surface area contributed by atoms with Crippen molar-refractivity contribution in [3.8, 4) is 0 Å². The summed E-state index contributed by atoms with van der Waals surface area (Å²) in [4.78, 5) is 11.0. The molecule has 0 bridgehead atoms. The lowest BCUT2D eigenvalue weighted by molar-refractivity contribution is -0.137. The predicted molar refractivity (Wildman–Crippen MR) is 74.3 cm³/mol. The van der Waals surface area contributed by atoms with Crippen LogP contribution in [-0.2, 0) is 10.2 Å². The minimum Gasteiger partial charge on any atom is -0.481 e. The molecular weight excluding hydrogens is 240 g/mol. The molecule has 1 atom stereocenters. The van der Waals surface area contributed by atoms with Gasteiger partial charge in [-0.05, 0) is 35.8 Å². The molecule has 1 fully saturated rings. The predicted octanol–water partition coefficient (Wildman–Crippen LogP) is 2.92. The van der Waals surface area contributed by atoms with Crippen molar-refractivity contribution < 1.29 is 15.0 Å². The highest BCUT2D eigenvalue weighted by Crippen LogP contribution is 2.45. The summed E-state index contributed by atoms with van der Waals surface area (Å²) < 4.78 is 0. The molecule has 0 spiro atoms. The fourth-order valence-electron chi connectivity index (χ4n) is 2.52. The first-order valence-corrected chi connectivity index (χ1v) is 6.87. The fraction of sp³-hybridized carbons (Fsp3) is 0.562. The van der Waals surface area contributed by atoms with Crippen LogP contribution in [0.15, 0.2) is 24.3 Å². The van der Waals surface area contributed by atoms with E-state index in [1.807, 2.05) is 32.0 Å². The zero-order valence-electron chi connectivity index (χ0n) is 11.6. The number of carboxylic acids is 1. The molecule has 0 heterocycles. The highest BCUT2D eigenvalue weighted by Gasteiger charge is 2.34. The van der Waals surface area contributed by atoms with Gasteiger partial charge in [0.1, 0.15) is 0 Å². The quantitative estimate of drug-likeness (QED) is 0.828. The molecule has 19 heavy (non-hydrogen) atoms. The molecule has 3 heteroatoms. The van der Waals surface area contributed by atoms with Crippen LogP contribution >= 0.6 is 0 Å². The van der Waals surface area contributed by atoms with E-state index in [2.05, 4.69) is 6.07 Å². The molecule has 2 N–H and O–H groups in total. The number of carboxylic acid groups (broad SMARTS) is 1. The molecule has 2 rings (SSSR count). The number of carbonyl (C=O) groups is 1. The van der Waals surface area contributed by atoms with Crippen molar-refractivity contribution in [1.82, 2.24) is 0 Å². The first kappa shape index (κ1) is 14.1. The van der Waals surface area contributed by atoms with Crippen molar-refractivity contribution in [1.29, 1.82) is 0 Å². The Kier molecular flexibility index (Phi) is 3.95. The van der Waals surface area contributed by atoms with E-state index in [-0.39, 0.29) is 24.4 Å². The van der Waals surface area contributed by atoms with Crippen molar-refractivity contribution in [2.75, 3.05) is 6.61 Å². The molecule has 0 radical (unpaired) electrons. The maximum Gasteiger partial charge on any atom is 0.303 e. The van der Waals surface area contributed by atoms with E-state index in [4.69, 9.17) is 5.11 Å². The van der Waals surface area contributed by atoms with Crippen LogP contribution in [-0.4, -0.2) is 22.8 Å². The lowest BCUT2D eigenvalue weighted by Gasteiger charge is -2.24. The summed E-state index contributed by atoms with van der Waals surface area (Å²) in [6.07, 6.45) is 2.46. The highest BCUT2D eigenvalue weighted by molar-refractivity contribution is 5.68. The van der Waals surface area contributed by atoms with Gasteiger partial charge >= 0.3 is 5.97 Å². The van der Waals surface area contributed by atoms with Gasteiger partial charge in [0.25, 0.3) is 0 Å². The third-order valence-electron chi connectivity index (χ3n) is 4.08. The number of hydrogen-bond acceptors (Lipinski definition) is 2. The third kappa shape index (κ3) is 3.35. The minimum absolute atomic E-state index is 0.0868. The first-order valence-electron chi connectivity index (χ1n) is 6.87. The largest absolute Gasteiger partial charge is 0.481 e. The zero-order chi connectivity index (χ0) is 14.0. The summed E-state index contributed by atoms with van der Waals surface area (Å²) in [5, 5.41) is 18.5. The van der Waals surface area contributed by atoms with Crippen LogP contribution in [0.5, 0.6) is 0 Å². The van der Waals surface area contributed by atoms with Gasteiger partial charge in [0.2, 0.25) is 0 Å². The monoisotopic (exact) mass is 262 g/mol. The molecule has 3 nitrogen and oxygen atoms in total. The Bertz CT molecular complexity index is 461. The average molecular weight is 262 g/mol. The molecule has 0 aliphatic heterocycles. The zero-order valence-corrected chi connectivity index (χ0v) is 11.6. The van der Waals surface area contributed by atoms with Gasteiger partial charge in [-0.15, -0.1) is 0 Å². The van der Waals surface area contributed by atoms with E-state index in [9.17, 15) is 9.90 Å². The Labute approximate surface area is 114 Å². The molecule has 1 aromatic carbocycles. The molecule has 1 aliphatic carbocycles. The summed E-state index contributed by atoms with van der Waals surface area (Å²) >= 11 is 0. The van der Waals surface area contributed by atoms with Gasteiger partial charge in [0, 0.05) is 5.41 Å². The van der Waals surface area contributed by atoms with Crippen molar-refractivity contribution >= 4 is 5.97 Å². The molecular formula is C16H22O3. The molecule has 1 unspecified atom stereocenters. The maximum absolute atomic E-state index is 11.0. The van der Waals surface area contributed by atoms with Crippen molar-refractivity contribution in [2.45, 2.75) is 44.4 Å². The SMILES string of the molecule is CC(C)(CO)c1cccc(C(CC(=O)O)C2CC2)c1.